The van der Waals surface area contributed by atoms with Gasteiger partial charge < -0.3 is 14.2 Å². The van der Waals surface area contributed by atoms with Crippen LogP contribution in [0, 0.1) is 0 Å². The van der Waals surface area contributed by atoms with E-state index >= 15 is 0 Å². The molecular weight excluding hydrogens is 476 g/mol. The van der Waals surface area contributed by atoms with Gasteiger partial charge in [0.1, 0.15) is 40.4 Å². The summed E-state index contributed by atoms with van der Waals surface area (Å²) >= 11 is 0. The highest BCUT2D eigenvalue weighted by Crippen LogP contribution is 2.45. The molecule has 4 heterocycles. The van der Waals surface area contributed by atoms with Gasteiger partial charge in [0, 0.05) is 24.4 Å². The molecule has 6 rings (SSSR count). The third kappa shape index (κ3) is 3.65. The first-order chi connectivity index (χ1) is 18.0. The van der Waals surface area contributed by atoms with E-state index in [2.05, 4.69) is 20.5 Å². The predicted octanol–water partition coefficient (Wildman–Crippen LogP) is 2.62. The lowest BCUT2D eigenvalue weighted by molar-refractivity contribution is -0.149. The summed E-state index contributed by atoms with van der Waals surface area (Å²) in [4.78, 5) is 33.5. The van der Waals surface area contributed by atoms with Crippen LogP contribution in [0.3, 0.4) is 0 Å². The Kier molecular flexibility index (Phi) is 5.47. The Balaban J connectivity index is 1.39. The molecule has 37 heavy (non-hydrogen) atoms. The number of hydrogen-bond acceptors (Lipinski definition) is 9. The molecule has 2 aromatic heterocycles. The van der Waals surface area contributed by atoms with Crippen molar-refractivity contribution in [1.29, 1.82) is 0 Å². The molecule has 0 radical (unpaired) electrons. The first kappa shape index (κ1) is 22.9. The lowest BCUT2D eigenvalue weighted by atomic mass is 9.79. The van der Waals surface area contributed by atoms with E-state index in [-0.39, 0.29) is 12.2 Å². The van der Waals surface area contributed by atoms with Crippen LogP contribution in [-0.4, -0.2) is 68.3 Å². The van der Waals surface area contributed by atoms with Crippen LogP contribution >= 0.6 is 0 Å². The maximum atomic E-state index is 14.0. The Morgan fingerprint density at radius 1 is 1.08 bits per heavy atom. The van der Waals surface area contributed by atoms with Gasteiger partial charge in [-0.25, -0.2) is 9.67 Å². The van der Waals surface area contributed by atoms with Gasteiger partial charge in [0.15, 0.2) is 6.04 Å². The highest BCUT2D eigenvalue weighted by atomic mass is 16.5. The van der Waals surface area contributed by atoms with Crippen LogP contribution in [-0.2, 0) is 11.2 Å². The number of aromatic nitrogens is 5. The van der Waals surface area contributed by atoms with E-state index in [4.69, 9.17) is 14.2 Å². The number of imide groups is 1. The van der Waals surface area contributed by atoms with Gasteiger partial charge >= 0.3 is 0 Å². The summed E-state index contributed by atoms with van der Waals surface area (Å²) in [7, 11) is 3.05. The van der Waals surface area contributed by atoms with E-state index in [1.165, 1.54) is 30.1 Å². The average molecular weight is 501 g/mol. The number of fused-ring (bicyclic) bond motifs is 2. The molecule has 2 aromatic carbocycles. The summed E-state index contributed by atoms with van der Waals surface area (Å²) in [5.74, 6) is 0.684. The van der Waals surface area contributed by atoms with E-state index in [0.717, 1.165) is 17.7 Å². The number of nitrogens with zero attached hydrogens (tertiary/aromatic N) is 6. The number of ether oxygens (including phenoxy) is 3. The lowest BCUT2D eigenvalue weighted by Crippen LogP contribution is -2.61. The Labute approximate surface area is 211 Å². The molecule has 1 spiro atoms. The summed E-state index contributed by atoms with van der Waals surface area (Å²) in [6, 6.07) is 13.8. The number of rotatable bonds is 4. The van der Waals surface area contributed by atoms with Gasteiger partial charge in [-0.15, -0.1) is 5.10 Å². The van der Waals surface area contributed by atoms with Gasteiger partial charge in [-0.3, -0.25) is 14.5 Å². The molecule has 4 aromatic rings. The molecule has 2 aliphatic rings. The molecule has 2 atom stereocenters. The molecule has 2 amide bonds. The van der Waals surface area contributed by atoms with E-state index in [1.54, 1.807) is 12.1 Å². The first-order valence-corrected chi connectivity index (χ1v) is 11.9. The molecule has 188 valence electrons. The van der Waals surface area contributed by atoms with Crippen LogP contribution in [0.1, 0.15) is 34.9 Å². The van der Waals surface area contributed by atoms with Crippen LogP contribution in [0.15, 0.2) is 54.9 Å². The van der Waals surface area contributed by atoms with Gasteiger partial charge in [-0.2, -0.15) is 0 Å². The Morgan fingerprint density at radius 3 is 2.70 bits per heavy atom. The zero-order valence-corrected chi connectivity index (χ0v) is 20.3. The van der Waals surface area contributed by atoms with Crippen molar-refractivity contribution < 1.29 is 23.8 Å². The molecule has 0 N–H and O–H groups in total. The first-order valence-electron chi connectivity index (χ1n) is 11.9. The zero-order valence-electron chi connectivity index (χ0n) is 20.3. The van der Waals surface area contributed by atoms with Gasteiger partial charge in [0.05, 0.1) is 14.2 Å². The van der Waals surface area contributed by atoms with Crippen molar-refractivity contribution in [2.24, 2.45) is 0 Å². The molecule has 0 aliphatic carbocycles. The molecule has 0 saturated carbocycles. The maximum Gasteiger partial charge on any atom is 0.279 e. The third-order valence-electron chi connectivity index (χ3n) is 7.16. The number of pyridine rings is 1. The SMILES string of the molecule is COc1cc(C(=O)N2CCC3(CCc4ccccc4O3)C(n3cnnn3)C2=O)nc2c(OC)cccc12. The average Bonchev–Trinajstić information content (AvgIpc) is 3.46. The number of amides is 2. The van der Waals surface area contributed by atoms with Gasteiger partial charge in [0.2, 0.25) is 0 Å². The highest BCUT2D eigenvalue weighted by molar-refractivity contribution is 6.07. The molecule has 11 nitrogen and oxygen atoms in total. The van der Waals surface area contributed by atoms with Crippen molar-refractivity contribution in [3.63, 3.8) is 0 Å². The number of carbonyl (C=O) groups excluding carboxylic acids is 2. The Bertz CT molecular complexity index is 1510. The number of hydrogen-bond donors (Lipinski definition) is 0. The van der Waals surface area contributed by atoms with Gasteiger partial charge in [0.25, 0.3) is 11.8 Å². The van der Waals surface area contributed by atoms with E-state index in [9.17, 15) is 9.59 Å². The number of benzene rings is 2. The molecule has 0 bridgehead atoms. The molecular formula is C26H24N6O5. The van der Waals surface area contributed by atoms with Crippen LogP contribution in [0.2, 0.25) is 0 Å². The summed E-state index contributed by atoms with van der Waals surface area (Å²) in [6.07, 6.45) is 3.11. The van der Waals surface area contributed by atoms with Crippen LogP contribution < -0.4 is 14.2 Å². The second kappa shape index (κ2) is 8.84. The fourth-order valence-corrected chi connectivity index (χ4v) is 5.33. The summed E-state index contributed by atoms with van der Waals surface area (Å²) in [6.45, 7) is 0.159. The van der Waals surface area contributed by atoms with Crippen molar-refractivity contribution >= 4 is 22.7 Å². The van der Waals surface area contributed by atoms with Gasteiger partial charge in [-0.05, 0) is 47.0 Å². The van der Waals surface area contributed by atoms with Crippen LogP contribution in [0.25, 0.3) is 10.9 Å². The molecule has 2 unspecified atom stereocenters. The normalized spacial score (nSPS) is 21.0. The molecule has 1 fully saturated rings. The van der Waals surface area contributed by atoms with Gasteiger partial charge in [-0.1, -0.05) is 24.3 Å². The standard InChI is InChI=1S/C26H24N6O5/c1-35-20-9-5-7-17-21(36-2)14-18(28-22(17)20)24(33)31-13-12-26(23(25(31)34)32-15-27-29-30-32)11-10-16-6-3-4-8-19(16)37-26/h3-9,14-15,23H,10-13H2,1-2H3. The Morgan fingerprint density at radius 2 is 1.92 bits per heavy atom. The smallest absolute Gasteiger partial charge is 0.279 e. The summed E-state index contributed by atoms with van der Waals surface area (Å²) in [5, 5.41) is 12.2. The third-order valence-corrected chi connectivity index (χ3v) is 7.16. The summed E-state index contributed by atoms with van der Waals surface area (Å²) in [5.41, 5.74) is 0.729. The largest absolute Gasteiger partial charge is 0.496 e. The van der Waals surface area contributed by atoms with Crippen molar-refractivity contribution in [2.75, 3.05) is 20.8 Å². The lowest BCUT2D eigenvalue weighted by Gasteiger charge is -2.47. The second-order valence-electron chi connectivity index (χ2n) is 9.08. The fourth-order valence-electron chi connectivity index (χ4n) is 5.33. The maximum absolute atomic E-state index is 14.0. The molecule has 1 saturated heterocycles. The number of aryl methyl sites for hydroxylation is 1. The Hall–Kier alpha value is -4.54. The number of piperidine rings is 1. The molecule has 2 aliphatic heterocycles. The van der Waals surface area contributed by atoms with E-state index < -0.39 is 23.5 Å². The van der Waals surface area contributed by atoms with Crippen molar-refractivity contribution in [2.45, 2.75) is 30.9 Å². The zero-order chi connectivity index (χ0) is 25.6. The number of tetrazole rings is 1. The highest BCUT2D eigenvalue weighted by Gasteiger charge is 2.55. The van der Waals surface area contributed by atoms with Crippen LogP contribution in [0.5, 0.6) is 17.2 Å². The monoisotopic (exact) mass is 500 g/mol. The quantitative estimate of drug-likeness (QED) is 0.389. The minimum absolute atomic E-state index is 0.0727. The number of methoxy groups -OCH3 is 2. The van der Waals surface area contributed by atoms with Crippen molar-refractivity contribution in [3.05, 3.63) is 66.1 Å². The summed E-state index contributed by atoms with van der Waals surface area (Å²) < 4.78 is 18.9. The second-order valence-corrected chi connectivity index (χ2v) is 9.08. The van der Waals surface area contributed by atoms with Crippen molar-refractivity contribution in [3.8, 4) is 17.2 Å². The van der Waals surface area contributed by atoms with E-state index in [1.807, 2.05) is 36.4 Å². The minimum Gasteiger partial charge on any atom is -0.496 e. The molecule has 11 heteroatoms. The number of likely N-dealkylation sites (tertiary alicyclic amines) is 1. The topological polar surface area (TPSA) is 122 Å². The fraction of sp³-hybridized carbons (Fsp3) is 0.308. The number of para-hydroxylation sites is 2. The predicted molar refractivity (Wildman–Crippen MR) is 130 cm³/mol. The van der Waals surface area contributed by atoms with Crippen LogP contribution in [0.4, 0.5) is 0 Å². The van der Waals surface area contributed by atoms with Crippen molar-refractivity contribution in [1.82, 2.24) is 30.1 Å². The minimum atomic E-state index is -0.926. The van der Waals surface area contributed by atoms with E-state index in [0.29, 0.717) is 35.2 Å². The number of carbonyl (C=O) groups is 2.